The third-order valence-electron chi connectivity index (χ3n) is 2.35. The van der Waals surface area contributed by atoms with Crippen molar-refractivity contribution in [2.45, 2.75) is 38.6 Å². The maximum atomic E-state index is 11.4. The Morgan fingerprint density at radius 2 is 2.42 bits per heavy atom. The van der Waals surface area contributed by atoms with Crippen LogP contribution in [-0.2, 0) is 9.59 Å². The summed E-state index contributed by atoms with van der Waals surface area (Å²) in [7, 11) is 0. The molecule has 1 fully saturated rings. The van der Waals surface area contributed by atoms with Crippen molar-refractivity contribution in [1.29, 1.82) is 0 Å². The highest BCUT2D eigenvalue weighted by molar-refractivity contribution is 5.78. The molecular formula is C9H15NO2. The molecule has 0 spiro atoms. The minimum atomic E-state index is 0.132. The summed E-state index contributed by atoms with van der Waals surface area (Å²) in [6.45, 7) is 2.94. The fraction of sp³-hybridized carbons (Fsp3) is 0.778. The van der Waals surface area contributed by atoms with Crippen molar-refractivity contribution < 1.29 is 9.59 Å². The summed E-state index contributed by atoms with van der Waals surface area (Å²) in [4.78, 5) is 23.3. The maximum absolute atomic E-state index is 11.4. The quantitative estimate of drug-likeness (QED) is 0.590. The van der Waals surface area contributed by atoms with E-state index in [-0.39, 0.29) is 5.91 Å². The van der Waals surface area contributed by atoms with E-state index < -0.39 is 0 Å². The Kier molecular flexibility index (Phi) is 3.26. The molecule has 0 aromatic carbocycles. The van der Waals surface area contributed by atoms with Gasteiger partial charge in [0.1, 0.15) is 6.29 Å². The molecule has 12 heavy (non-hydrogen) atoms. The molecule has 1 aliphatic heterocycles. The fourth-order valence-corrected chi connectivity index (χ4v) is 1.63. The van der Waals surface area contributed by atoms with Gasteiger partial charge in [0, 0.05) is 25.4 Å². The second-order valence-corrected chi connectivity index (χ2v) is 3.28. The first kappa shape index (κ1) is 9.23. The number of nitrogens with zero attached hydrogens (tertiary/aromatic N) is 1. The fourth-order valence-electron chi connectivity index (χ4n) is 1.63. The summed E-state index contributed by atoms with van der Waals surface area (Å²) in [5.41, 5.74) is 0. The molecule has 0 aromatic heterocycles. The van der Waals surface area contributed by atoms with Gasteiger partial charge in [-0.1, -0.05) is 0 Å². The standard InChI is InChI=1S/C9H15NO2/c1-8-4-2-6-10(8)9(12)5-3-7-11/h7-8H,2-6H2,1H3/t8-/m1/s1. The molecule has 1 saturated heterocycles. The summed E-state index contributed by atoms with van der Waals surface area (Å²) < 4.78 is 0. The van der Waals surface area contributed by atoms with Crippen LogP contribution in [0.1, 0.15) is 32.6 Å². The minimum Gasteiger partial charge on any atom is -0.340 e. The Hall–Kier alpha value is -0.860. The molecule has 3 nitrogen and oxygen atoms in total. The minimum absolute atomic E-state index is 0.132. The first-order chi connectivity index (χ1) is 5.75. The largest absolute Gasteiger partial charge is 0.340 e. The zero-order valence-corrected chi connectivity index (χ0v) is 7.45. The van der Waals surface area contributed by atoms with Gasteiger partial charge in [-0.05, 0) is 19.8 Å². The van der Waals surface area contributed by atoms with Crippen molar-refractivity contribution in [3.63, 3.8) is 0 Å². The summed E-state index contributed by atoms with van der Waals surface area (Å²) in [6.07, 6.45) is 3.76. The monoisotopic (exact) mass is 169 g/mol. The lowest BCUT2D eigenvalue weighted by atomic mass is 10.2. The van der Waals surface area contributed by atoms with Crippen molar-refractivity contribution in [3.05, 3.63) is 0 Å². The Balaban J connectivity index is 2.35. The lowest BCUT2D eigenvalue weighted by Crippen LogP contribution is -2.33. The Morgan fingerprint density at radius 3 is 2.92 bits per heavy atom. The molecule has 1 atom stereocenters. The van der Waals surface area contributed by atoms with Crippen LogP contribution in [0.2, 0.25) is 0 Å². The Morgan fingerprint density at radius 1 is 1.67 bits per heavy atom. The lowest BCUT2D eigenvalue weighted by molar-refractivity contribution is -0.132. The highest BCUT2D eigenvalue weighted by Gasteiger charge is 2.23. The summed E-state index contributed by atoms with van der Waals surface area (Å²) in [5.74, 6) is 0.132. The predicted molar refractivity (Wildman–Crippen MR) is 45.7 cm³/mol. The van der Waals surface area contributed by atoms with E-state index in [4.69, 9.17) is 0 Å². The first-order valence-electron chi connectivity index (χ1n) is 4.49. The summed E-state index contributed by atoms with van der Waals surface area (Å²) in [6, 6.07) is 0.379. The molecule has 1 rings (SSSR count). The topological polar surface area (TPSA) is 37.4 Å². The van der Waals surface area contributed by atoms with E-state index in [1.54, 1.807) is 0 Å². The van der Waals surface area contributed by atoms with Gasteiger partial charge in [-0.2, -0.15) is 0 Å². The molecule has 0 aliphatic carbocycles. The van der Waals surface area contributed by atoms with E-state index in [1.807, 2.05) is 4.90 Å². The number of amides is 1. The average Bonchev–Trinajstić information content (AvgIpc) is 2.47. The number of carbonyl (C=O) groups excluding carboxylic acids is 2. The van der Waals surface area contributed by atoms with Crippen molar-refractivity contribution in [2.75, 3.05) is 6.54 Å². The first-order valence-corrected chi connectivity index (χ1v) is 4.49. The van der Waals surface area contributed by atoms with Gasteiger partial charge in [-0.25, -0.2) is 0 Å². The molecule has 0 bridgehead atoms. The normalized spacial score (nSPS) is 22.8. The third kappa shape index (κ3) is 2.06. The molecule has 0 unspecified atom stereocenters. The van der Waals surface area contributed by atoms with Gasteiger partial charge in [0.15, 0.2) is 0 Å². The van der Waals surface area contributed by atoms with Crippen LogP contribution >= 0.6 is 0 Å². The van der Waals surface area contributed by atoms with E-state index in [9.17, 15) is 9.59 Å². The summed E-state index contributed by atoms with van der Waals surface area (Å²) >= 11 is 0. The van der Waals surface area contributed by atoms with Crippen LogP contribution in [0.3, 0.4) is 0 Å². The van der Waals surface area contributed by atoms with E-state index >= 15 is 0 Å². The van der Waals surface area contributed by atoms with Crippen molar-refractivity contribution in [2.24, 2.45) is 0 Å². The molecule has 3 heteroatoms. The molecule has 0 aromatic rings. The van der Waals surface area contributed by atoms with Crippen LogP contribution in [0.15, 0.2) is 0 Å². The number of hydrogen-bond acceptors (Lipinski definition) is 2. The molecule has 0 radical (unpaired) electrons. The van der Waals surface area contributed by atoms with Crippen LogP contribution in [0.25, 0.3) is 0 Å². The molecule has 1 aliphatic rings. The number of hydrogen-bond donors (Lipinski definition) is 0. The van der Waals surface area contributed by atoms with Crippen LogP contribution in [0.5, 0.6) is 0 Å². The molecule has 0 N–H and O–H groups in total. The smallest absolute Gasteiger partial charge is 0.223 e. The van der Waals surface area contributed by atoms with Crippen LogP contribution in [-0.4, -0.2) is 29.7 Å². The van der Waals surface area contributed by atoms with Gasteiger partial charge >= 0.3 is 0 Å². The van der Waals surface area contributed by atoms with Gasteiger partial charge in [0.25, 0.3) is 0 Å². The lowest BCUT2D eigenvalue weighted by Gasteiger charge is -2.20. The van der Waals surface area contributed by atoms with Crippen LogP contribution in [0, 0.1) is 0 Å². The average molecular weight is 169 g/mol. The highest BCUT2D eigenvalue weighted by Crippen LogP contribution is 2.17. The van der Waals surface area contributed by atoms with Gasteiger partial charge in [0.05, 0.1) is 0 Å². The molecule has 1 amide bonds. The van der Waals surface area contributed by atoms with Gasteiger partial charge in [0.2, 0.25) is 5.91 Å². The highest BCUT2D eigenvalue weighted by atomic mass is 16.2. The predicted octanol–water partition coefficient (Wildman–Crippen LogP) is 0.976. The van der Waals surface area contributed by atoms with Crippen LogP contribution < -0.4 is 0 Å². The second-order valence-electron chi connectivity index (χ2n) is 3.28. The summed E-state index contributed by atoms with van der Waals surface area (Å²) in [5, 5.41) is 0. The number of rotatable bonds is 3. The molecular weight excluding hydrogens is 154 g/mol. The SMILES string of the molecule is C[C@@H]1CCCN1C(=O)CCC=O. The third-order valence-corrected chi connectivity index (χ3v) is 2.35. The molecule has 1 heterocycles. The Labute approximate surface area is 72.7 Å². The molecule has 0 saturated carbocycles. The van der Waals surface area contributed by atoms with Gasteiger partial charge < -0.3 is 9.69 Å². The van der Waals surface area contributed by atoms with Crippen LogP contribution in [0.4, 0.5) is 0 Å². The maximum Gasteiger partial charge on any atom is 0.223 e. The van der Waals surface area contributed by atoms with Crippen molar-refractivity contribution in [3.8, 4) is 0 Å². The van der Waals surface area contributed by atoms with E-state index in [1.165, 1.54) is 0 Å². The number of likely N-dealkylation sites (tertiary alicyclic amines) is 1. The van der Waals surface area contributed by atoms with E-state index in [2.05, 4.69) is 6.92 Å². The van der Waals surface area contributed by atoms with Gasteiger partial charge in [-0.3, -0.25) is 4.79 Å². The zero-order chi connectivity index (χ0) is 8.97. The zero-order valence-electron chi connectivity index (χ0n) is 7.45. The van der Waals surface area contributed by atoms with E-state index in [0.717, 1.165) is 25.7 Å². The second kappa shape index (κ2) is 4.24. The molecule has 68 valence electrons. The Bertz CT molecular complexity index is 179. The van der Waals surface area contributed by atoms with Crippen molar-refractivity contribution in [1.82, 2.24) is 4.90 Å². The van der Waals surface area contributed by atoms with E-state index in [0.29, 0.717) is 18.9 Å². The number of aldehydes is 1. The number of carbonyl (C=O) groups is 2. The van der Waals surface area contributed by atoms with Crippen molar-refractivity contribution >= 4 is 12.2 Å². The van der Waals surface area contributed by atoms with Gasteiger partial charge in [-0.15, -0.1) is 0 Å².